The van der Waals surface area contributed by atoms with Crippen LogP contribution in [0.3, 0.4) is 0 Å². The summed E-state index contributed by atoms with van der Waals surface area (Å²) in [5.41, 5.74) is 0.699. The van der Waals surface area contributed by atoms with Crippen LogP contribution in [0.25, 0.3) is 0 Å². The predicted molar refractivity (Wildman–Crippen MR) is 98.3 cm³/mol. The number of carbonyl (C=O) groups excluding carboxylic acids is 1. The number of anilines is 1. The number of aromatic nitrogens is 1. The van der Waals surface area contributed by atoms with Crippen molar-refractivity contribution in [2.24, 2.45) is 5.92 Å². The molecule has 0 radical (unpaired) electrons. The third-order valence-corrected chi connectivity index (χ3v) is 4.64. The summed E-state index contributed by atoms with van der Waals surface area (Å²) in [5, 5.41) is 16.0. The molecule has 1 aromatic heterocycles. The maximum atomic E-state index is 12.6. The fourth-order valence-electron chi connectivity index (χ4n) is 2.86. The highest BCUT2D eigenvalue weighted by molar-refractivity contribution is 5.93. The lowest BCUT2D eigenvalue weighted by Gasteiger charge is -2.20. The molecule has 0 aliphatic heterocycles. The summed E-state index contributed by atoms with van der Waals surface area (Å²) in [6.45, 7) is 1.85. The Kier molecular flexibility index (Phi) is 6.00. The SMILES string of the molecule is CC(NC(O)Cc1ccc(C(F)(F)F)cc1)c1ccnc(NC(=O)C2CC2)c1. The number of carbonyl (C=O) groups is 1. The monoisotopic (exact) mass is 393 g/mol. The molecule has 1 amide bonds. The molecular formula is C20H22F3N3O2. The number of rotatable bonds is 7. The van der Waals surface area contributed by atoms with Gasteiger partial charge in [0.1, 0.15) is 12.0 Å². The fraction of sp³-hybridized carbons (Fsp3) is 0.400. The van der Waals surface area contributed by atoms with Crippen LogP contribution in [0, 0.1) is 5.92 Å². The Bertz CT molecular complexity index is 820. The van der Waals surface area contributed by atoms with E-state index >= 15 is 0 Å². The van der Waals surface area contributed by atoms with Gasteiger partial charge in [-0.1, -0.05) is 12.1 Å². The van der Waals surface area contributed by atoms with Crippen molar-refractivity contribution in [1.82, 2.24) is 10.3 Å². The Morgan fingerprint density at radius 1 is 1.25 bits per heavy atom. The van der Waals surface area contributed by atoms with Gasteiger partial charge in [0.05, 0.1) is 5.56 Å². The highest BCUT2D eigenvalue weighted by Crippen LogP contribution is 2.30. The number of aliphatic hydroxyl groups excluding tert-OH is 1. The van der Waals surface area contributed by atoms with E-state index in [2.05, 4.69) is 15.6 Å². The lowest BCUT2D eigenvalue weighted by Crippen LogP contribution is -2.33. The standard InChI is InChI=1S/C20H22F3N3O2/c1-12(15-8-9-24-17(11-15)26-19(28)14-4-5-14)25-18(27)10-13-2-6-16(7-3-13)20(21,22)23/h2-3,6-9,11-12,14,18,25,27H,4-5,10H2,1H3,(H,24,26,28). The molecule has 3 N–H and O–H groups in total. The smallest absolute Gasteiger partial charge is 0.378 e. The maximum absolute atomic E-state index is 12.6. The Balaban J connectivity index is 1.56. The van der Waals surface area contributed by atoms with E-state index in [-0.39, 0.29) is 24.3 Å². The van der Waals surface area contributed by atoms with Gasteiger partial charge in [0, 0.05) is 24.6 Å². The third-order valence-electron chi connectivity index (χ3n) is 4.64. The average molecular weight is 393 g/mol. The molecule has 5 nitrogen and oxygen atoms in total. The molecule has 1 aliphatic carbocycles. The summed E-state index contributed by atoms with van der Waals surface area (Å²) in [4.78, 5) is 16.0. The molecule has 0 spiro atoms. The number of hydrogen-bond donors (Lipinski definition) is 3. The molecule has 150 valence electrons. The van der Waals surface area contributed by atoms with E-state index in [9.17, 15) is 23.1 Å². The number of aliphatic hydroxyl groups is 1. The van der Waals surface area contributed by atoms with Crippen LogP contribution in [-0.4, -0.2) is 22.2 Å². The number of pyridine rings is 1. The number of hydrogen-bond acceptors (Lipinski definition) is 4. The Labute approximate surface area is 161 Å². The molecule has 1 aliphatic rings. The van der Waals surface area contributed by atoms with Crippen LogP contribution in [0.15, 0.2) is 42.6 Å². The lowest BCUT2D eigenvalue weighted by atomic mass is 10.1. The zero-order valence-electron chi connectivity index (χ0n) is 15.3. The van der Waals surface area contributed by atoms with Gasteiger partial charge in [-0.05, 0) is 55.2 Å². The van der Waals surface area contributed by atoms with Crippen LogP contribution in [0.2, 0.25) is 0 Å². The zero-order chi connectivity index (χ0) is 20.3. The molecule has 1 aromatic carbocycles. The maximum Gasteiger partial charge on any atom is 0.416 e. The molecule has 0 bridgehead atoms. The van der Waals surface area contributed by atoms with Crippen LogP contribution in [-0.2, 0) is 17.4 Å². The van der Waals surface area contributed by atoms with Crippen LogP contribution in [0.5, 0.6) is 0 Å². The van der Waals surface area contributed by atoms with E-state index in [1.54, 1.807) is 18.3 Å². The van der Waals surface area contributed by atoms with Crippen molar-refractivity contribution in [1.29, 1.82) is 0 Å². The molecular weight excluding hydrogens is 371 g/mol. The summed E-state index contributed by atoms with van der Waals surface area (Å²) >= 11 is 0. The van der Waals surface area contributed by atoms with Crippen molar-refractivity contribution >= 4 is 11.7 Å². The van der Waals surface area contributed by atoms with Crippen molar-refractivity contribution in [3.63, 3.8) is 0 Å². The van der Waals surface area contributed by atoms with Gasteiger partial charge in [-0.15, -0.1) is 0 Å². The summed E-state index contributed by atoms with van der Waals surface area (Å²) in [6, 6.07) is 7.99. The molecule has 28 heavy (non-hydrogen) atoms. The largest absolute Gasteiger partial charge is 0.416 e. The van der Waals surface area contributed by atoms with Gasteiger partial charge < -0.3 is 10.4 Å². The topological polar surface area (TPSA) is 74.2 Å². The number of nitrogens with one attached hydrogen (secondary N) is 2. The molecule has 0 saturated heterocycles. The van der Waals surface area contributed by atoms with E-state index in [1.807, 2.05) is 6.92 Å². The quantitative estimate of drug-likeness (QED) is 0.628. The van der Waals surface area contributed by atoms with Crippen LogP contribution in [0.1, 0.15) is 42.5 Å². The third kappa shape index (κ3) is 5.53. The second kappa shape index (κ2) is 8.28. The molecule has 2 atom stereocenters. The Morgan fingerprint density at radius 2 is 1.93 bits per heavy atom. The van der Waals surface area contributed by atoms with E-state index < -0.39 is 18.0 Å². The normalized spacial score (nSPS) is 16.5. The van der Waals surface area contributed by atoms with E-state index in [0.29, 0.717) is 11.4 Å². The first-order valence-corrected chi connectivity index (χ1v) is 9.09. The second-order valence-electron chi connectivity index (χ2n) is 7.04. The highest BCUT2D eigenvalue weighted by atomic mass is 19.4. The summed E-state index contributed by atoms with van der Waals surface area (Å²) in [5.74, 6) is 0.499. The van der Waals surface area contributed by atoms with Gasteiger partial charge in [-0.25, -0.2) is 4.98 Å². The lowest BCUT2D eigenvalue weighted by molar-refractivity contribution is -0.137. The molecule has 8 heteroatoms. The fourth-order valence-corrected chi connectivity index (χ4v) is 2.86. The zero-order valence-corrected chi connectivity index (χ0v) is 15.3. The van der Waals surface area contributed by atoms with Gasteiger partial charge in [0.2, 0.25) is 5.91 Å². The van der Waals surface area contributed by atoms with Crippen LogP contribution >= 0.6 is 0 Å². The molecule has 1 fully saturated rings. The van der Waals surface area contributed by atoms with Crippen LogP contribution in [0.4, 0.5) is 19.0 Å². The van der Waals surface area contributed by atoms with Gasteiger partial charge in [0.15, 0.2) is 0 Å². The minimum Gasteiger partial charge on any atom is -0.378 e. The summed E-state index contributed by atoms with van der Waals surface area (Å²) in [7, 11) is 0. The number of amides is 1. The Hall–Kier alpha value is -2.45. The highest BCUT2D eigenvalue weighted by Gasteiger charge is 2.30. The number of halogens is 3. The first kappa shape index (κ1) is 20.3. The Morgan fingerprint density at radius 3 is 2.54 bits per heavy atom. The minimum absolute atomic E-state index is 0.0346. The predicted octanol–water partition coefficient (Wildman–Crippen LogP) is 3.66. The first-order valence-electron chi connectivity index (χ1n) is 9.09. The average Bonchev–Trinajstić information content (AvgIpc) is 3.46. The second-order valence-corrected chi connectivity index (χ2v) is 7.04. The van der Waals surface area contributed by atoms with Crippen molar-refractivity contribution < 1.29 is 23.1 Å². The van der Waals surface area contributed by atoms with Crippen molar-refractivity contribution in [3.05, 3.63) is 59.3 Å². The van der Waals surface area contributed by atoms with Gasteiger partial charge >= 0.3 is 6.18 Å². The van der Waals surface area contributed by atoms with E-state index in [1.165, 1.54) is 12.1 Å². The number of nitrogens with zero attached hydrogens (tertiary/aromatic N) is 1. The molecule has 2 aromatic rings. The van der Waals surface area contributed by atoms with Crippen molar-refractivity contribution in [2.45, 2.75) is 44.6 Å². The van der Waals surface area contributed by atoms with Crippen LogP contribution < -0.4 is 10.6 Å². The van der Waals surface area contributed by atoms with Gasteiger partial charge in [-0.3, -0.25) is 10.1 Å². The summed E-state index contributed by atoms with van der Waals surface area (Å²) < 4.78 is 37.8. The number of alkyl halides is 3. The van der Waals surface area contributed by atoms with Gasteiger partial charge in [0.25, 0.3) is 0 Å². The summed E-state index contributed by atoms with van der Waals surface area (Å²) in [6.07, 6.45) is -1.77. The van der Waals surface area contributed by atoms with E-state index in [4.69, 9.17) is 0 Å². The van der Waals surface area contributed by atoms with Crippen molar-refractivity contribution in [3.8, 4) is 0 Å². The van der Waals surface area contributed by atoms with Gasteiger partial charge in [-0.2, -0.15) is 13.2 Å². The van der Waals surface area contributed by atoms with E-state index in [0.717, 1.165) is 30.5 Å². The molecule has 1 saturated carbocycles. The molecule has 2 unspecified atom stereocenters. The number of benzene rings is 1. The molecule has 3 rings (SSSR count). The minimum atomic E-state index is -4.38. The molecule has 1 heterocycles. The van der Waals surface area contributed by atoms with Crippen molar-refractivity contribution in [2.75, 3.05) is 5.32 Å². The first-order chi connectivity index (χ1) is 13.2.